The van der Waals surface area contributed by atoms with E-state index in [4.69, 9.17) is 11.6 Å². The average Bonchev–Trinajstić information content (AvgIpc) is 2.75. The van der Waals surface area contributed by atoms with Gasteiger partial charge in [0.15, 0.2) is 0 Å². The number of pyridine rings is 1. The number of alkyl halides is 3. The molecule has 2 aromatic carbocycles. The van der Waals surface area contributed by atoms with Crippen molar-refractivity contribution in [2.75, 3.05) is 16.0 Å². The fourth-order valence-electron chi connectivity index (χ4n) is 2.68. The predicted octanol–water partition coefficient (Wildman–Crippen LogP) is 6.19. The highest BCUT2D eigenvalue weighted by Crippen LogP contribution is 2.36. The minimum Gasteiger partial charge on any atom is -0.308 e. The van der Waals surface area contributed by atoms with Crippen molar-refractivity contribution in [3.05, 3.63) is 83.9 Å². The fraction of sp³-hybridized carbons (Fsp3) is 0.0455. The molecule has 0 saturated heterocycles. The Bertz CT molecular complexity index is 1160. The second-order valence-corrected chi connectivity index (χ2v) is 6.86. The van der Waals surface area contributed by atoms with E-state index in [2.05, 4.69) is 27.5 Å². The number of anilines is 3. The smallest absolute Gasteiger partial charge is 0.308 e. The van der Waals surface area contributed by atoms with Gasteiger partial charge in [0.25, 0.3) is 0 Å². The first-order valence-electron chi connectivity index (χ1n) is 9.11. The van der Waals surface area contributed by atoms with Gasteiger partial charge in [0.05, 0.1) is 16.3 Å². The van der Waals surface area contributed by atoms with Crippen molar-refractivity contribution >= 4 is 40.7 Å². The average molecular weight is 461 g/mol. The van der Waals surface area contributed by atoms with Crippen LogP contribution in [0.4, 0.5) is 35.2 Å². The molecule has 0 unspecified atom stereocenters. The van der Waals surface area contributed by atoms with Gasteiger partial charge in [-0.3, -0.25) is 4.79 Å². The highest BCUT2D eigenvalue weighted by atomic mass is 35.5. The Hall–Kier alpha value is -3.85. The van der Waals surface area contributed by atoms with E-state index < -0.39 is 22.8 Å². The second-order valence-electron chi connectivity index (χ2n) is 6.45. The van der Waals surface area contributed by atoms with Crippen molar-refractivity contribution in [1.82, 2.24) is 4.98 Å². The minimum atomic E-state index is -4.64. The van der Waals surface area contributed by atoms with Crippen LogP contribution >= 0.6 is 11.6 Å². The summed E-state index contributed by atoms with van der Waals surface area (Å²) in [5.74, 6) is -0.0292. The molecule has 0 spiro atoms. The number of hydrogen-bond acceptors (Lipinski definition) is 3. The number of hydrogen-bond donors (Lipinski definition) is 3. The summed E-state index contributed by atoms with van der Waals surface area (Å²) in [5, 5.41) is 6.98. The molecule has 3 rings (SSSR count). The largest absolute Gasteiger partial charge is 0.417 e. The quantitative estimate of drug-likeness (QED) is 0.397. The Balaban J connectivity index is 1.67. The number of rotatable bonds is 5. The lowest BCUT2D eigenvalue weighted by Gasteiger charge is -2.12. The zero-order chi connectivity index (χ0) is 23.3. The number of aromatic nitrogens is 1. The minimum absolute atomic E-state index is 0.0570. The van der Waals surface area contributed by atoms with E-state index in [-0.39, 0.29) is 11.6 Å². The molecule has 3 amide bonds. The Kier molecular flexibility index (Phi) is 6.79. The number of carbonyl (C=O) groups is 2. The Morgan fingerprint density at radius 3 is 2.25 bits per heavy atom. The van der Waals surface area contributed by atoms with Crippen LogP contribution in [0.2, 0.25) is 5.02 Å². The zero-order valence-electron chi connectivity index (χ0n) is 16.3. The third kappa shape index (κ3) is 5.86. The Labute approximate surface area is 186 Å². The van der Waals surface area contributed by atoms with E-state index in [1.807, 2.05) is 0 Å². The molecule has 1 aromatic heterocycles. The Morgan fingerprint density at radius 1 is 0.938 bits per heavy atom. The van der Waals surface area contributed by atoms with Gasteiger partial charge < -0.3 is 16.0 Å². The summed E-state index contributed by atoms with van der Waals surface area (Å²) in [7, 11) is 0. The van der Waals surface area contributed by atoms with Crippen molar-refractivity contribution in [1.29, 1.82) is 0 Å². The van der Waals surface area contributed by atoms with Crippen molar-refractivity contribution in [3.8, 4) is 11.3 Å². The zero-order valence-corrected chi connectivity index (χ0v) is 17.1. The predicted molar refractivity (Wildman–Crippen MR) is 118 cm³/mol. The highest BCUT2D eigenvalue weighted by molar-refractivity contribution is 6.31. The molecule has 1 heterocycles. The molecular formula is C22H16ClF3N4O2. The number of nitrogens with zero attached hydrogens (tertiary/aromatic N) is 1. The summed E-state index contributed by atoms with van der Waals surface area (Å²) in [4.78, 5) is 27.9. The molecule has 0 aliphatic carbocycles. The lowest BCUT2D eigenvalue weighted by molar-refractivity contribution is -0.137. The number of benzene rings is 2. The van der Waals surface area contributed by atoms with Gasteiger partial charge in [-0.15, -0.1) is 0 Å². The number of halogens is 4. The summed E-state index contributed by atoms with van der Waals surface area (Å²) < 4.78 is 38.9. The van der Waals surface area contributed by atoms with E-state index in [0.29, 0.717) is 17.2 Å². The van der Waals surface area contributed by atoms with Crippen LogP contribution in [0.5, 0.6) is 0 Å². The van der Waals surface area contributed by atoms with Crippen LogP contribution in [0.3, 0.4) is 0 Å². The summed E-state index contributed by atoms with van der Waals surface area (Å²) in [5.41, 5.74) is 0.619. The maximum Gasteiger partial charge on any atom is 0.417 e. The molecular weight excluding hydrogens is 445 g/mol. The van der Waals surface area contributed by atoms with Gasteiger partial charge >= 0.3 is 12.2 Å². The topological polar surface area (TPSA) is 83.1 Å². The van der Waals surface area contributed by atoms with Crippen LogP contribution in [0.25, 0.3) is 11.3 Å². The van der Waals surface area contributed by atoms with Gasteiger partial charge in [0.1, 0.15) is 5.82 Å². The third-order valence-electron chi connectivity index (χ3n) is 4.15. The first kappa shape index (κ1) is 22.8. The van der Waals surface area contributed by atoms with Crippen molar-refractivity contribution < 1.29 is 22.8 Å². The SMILES string of the molecule is C=CC(=O)Nc1cccc(-c2ccc(NC(=O)Nc3ccc(Cl)c(C(F)(F)F)c3)cc2)n1. The van der Waals surface area contributed by atoms with E-state index >= 15 is 0 Å². The van der Waals surface area contributed by atoms with Crippen LogP contribution in [0.15, 0.2) is 73.3 Å². The van der Waals surface area contributed by atoms with E-state index in [1.165, 1.54) is 6.07 Å². The van der Waals surface area contributed by atoms with Crippen LogP contribution in [0, 0.1) is 0 Å². The molecule has 6 nitrogen and oxygen atoms in total. The number of urea groups is 1. The first-order chi connectivity index (χ1) is 15.2. The van der Waals surface area contributed by atoms with Gasteiger partial charge in [-0.1, -0.05) is 36.4 Å². The van der Waals surface area contributed by atoms with Gasteiger partial charge in [-0.2, -0.15) is 13.2 Å². The molecule has 0 atom stereocenters. The van der Waals surface area contributed by atoms with Crippen LogP contribution in [0.1, 0.15) is 5.56 Å². The van der Waals surface area contributed by atoms with E-state index in [9.17, 15) is 22.8 Å². The van der Waals surface area contributed by atoms with Crippen molar-refractivity contribution in [3.63, 3.8) is 0 Å². The molecule has 164 valence electrons. The molecule has 3 N–H and O–H groups in total. The molecule has 0 radical (unpaired) electrons. The normalized spacial score (nSPS) is 10.9. The summed E-state index contributed by atoms with van der Waals surface area (Å²) in [6.45, 7) is 3.38. The number of amides is 3. The molecule has 0 aliphatic rings. The molecule has 3 aromatic rings. The van der Waals surface area contributed by atoms with Gasteiger partial charge in [0.2, 0.25) is 5.91 Å². The monoisotopic (exact) mass is 460 g/mol. The Morgan fingerprint density at radius 2 is 1.59 bits per heavy atom. The standard InChI is InChI=1S/C22H16ClF3N4O2/c1-2-20(31)30-19-5-3-4-18(29-19)13-6-8-14(9-7-13)27-21(32)28-15-10-11-17(23)16(12-15)22(24,25)26/h2-12H,1H2,(H2,27,28,32)(H,29,30,31). The molecule has 32 heavy (non-hydrogen) atoms. The van der Waals surface area contributed by atoms with Crippen molar-refractivity contribution in [2.24, 2.45) is 0 Å². The molecule has 0 aliphatic heterocycles. The molecule has 0 bridgehead atoms. The van der Waals surface area contributed by atoms with Crippen LogP contribution in [-0.2, 0) is 11.0 Å². The van der Waals surface area contributed by atoms with E-state index in [1.54, 1.807) is 42.5 Å². The van der Waals surface area contributed by atoms with Crippen molar-refractivity contribution in [2.45, 2.75) is 6.18 Å². The van der Waals surface area contributed by atoms with Gasteiger partial charge in [-0.25, -0.2) is 9.78 Å². The highest BCUT2D eigenvalue weighted by Gasteiger charge is 2.33. The lowest BCUT2D eigenvalue weighted by atomic mass is 10.1. The van der Waals surface area contributed by atoms with Crippen LogP contribution < -0.4 is 16.0 Å². The molecule has 0 fully saturated rings. The first-order valence-corrected chi connectivity index (χ1v) is 9.49. The maximum absolute atomic E-state index is 13.0. The number of nitrogens with one attached hydrogen (secondary N) is 3. The third-order valence-corrected chi connectivity index (χ3v) is 4.48. The summed E-state index contributed by atoms with van der Waals surface area (Å²) in [6.07, 6.45) is -3.51. The van der Waals surface area contributed by atoms with Gasteiger partial charge in [-0.05, 0) is 48.5 Å². The fourth-order valence-corrected chi connectivity index (χ4v) is 2.91. The summed E-state index contributed by atoms with van der Waals surface area (Å²) >= 11 is 5.58. The number of carbonyl (C=O) groups excluding carboxylic acids is 2. The molecule has 0 saturated carbocycles. The summed E-state index contributed by atoms with van der Waals surface area (Å²) in [6, 6.07) is 14.1. The second kappa shape index (κ2) is 9.52. The molecule has 10 heteroatoms. The van der Waals surface area contributed by atoms with E-state index in [0.717, 1.165) is 23.8 Å². The van der Waals surface area contributed by atoms with Crippen LogP contribution in [-0.4, -0.2) is 16.9 Å². The lowest BCUT2D eigenvalue weighted by Crippen LogP contribution is -2.19. The van der Waals surface area contributed by atoms with Gasteiger partial charge in [0, 0.05) is 16.9 Å². The maximum atomic E-state index is 13.0.